The highest BCUT2D eigenvalue weighted by Crippen LogP contribution is 2.22. The van der Waals surface area contributed by atoms with E-state index in [1.54, 1.807) is 25.3 Å². The van der Waals surface area contributed by atoms with Crippen molar-refractivity contribution in [2.45, 2.75) is 31.5 Å². The molecule has 0 spiro atoms. The van der Waals surface area contributed by atoms with Gasteiger partial charge < -0.3 is 9.64 Å². The maximum Gasteiger partial charge on any atom is 0.240 e. The van der Waals surface area contributed by atoms with E-state index >= 15 is 0 Å². The van der Waals surface area contributed by atoms with Crippen LogP contribution in [0, 0.1) is 0 Å². The molecule has 0 radical (unpaired) electrons. The van der Waals surface area contributed by atoms with E-state index in [0.717, 1.165) is 12.0 Å². The van der Waals surface area contributed by atoms with E-state index in [1.807, 2.05) is 25.3 Å². The van der Waals surface area contributed by atoms with Crippen molar-refractivity contribution in [1.29, 1.82) is 0 Å². The molecule has 0 aliphatic carbocycles. The summed E-state index contributed by atoms with van der Waals surface area (Å²) in [7, 11) is 3.45. The number of amides is 1. The Morgan fingerprint density at radius 3 is 3.05 bits per heavy atom. The maximum absolute atomic E-state index is 12.3. The van der Waals surface area contributed by atoms with Crippen LogP contribution in [0.1, 0.15) is 24.9 Å². The van der Waals surface area contributed by atoms with Crippen LogP contribution in [0.3, 0.4) is 0 Å². The van der Waals surface area contributed by atoms with E-state index in [1.165, 1.54) is 0 Å². The number of carbonyl (C=O) groups excluding carboxylic acids is 1. The van der Waals surface area contributed by atoms with Gasteiger partial charge in [0, 0.05) is 39.1 Å². The molecule has 1 aromatic rings. The van der Waals surface area contributed by atoms with Gasteiger partial charge in [-0.05, 0) is 25.0 Å². The molecule has 0 aromatic carbocycles. The van der Waals surface area contributed by atoms with Crippen LogP contribution in [-0.4, -0.2) is 48.6 Å². The Labute approximate surface area is 119 Å². The fraction of sp³-hybridized carbons (Fsp3) is 0.571. The Balaban J connectivity index is 1.90. The predicted octanol–water partition coefficient (Wildman–Crippen LogP) is 0.483. The molecule has 1 aliphatic rings. The van der Waals surface area contributed by atoms with Gasteiger partial charge in [-0.1, -0.05) is 6.07 Å². The minimum atomic E-state index is -0.214. The fourth-order valence-electron chi connectivity index (χ4n) is 2.34. The number of rotatable bonds is 5. The number of carbonyl (C=O) groups is 1. The lowest BCUT2D eigenvalue weighted by atomic mass is 10.0. The zero-order valence-corrected chi connectivity index (χ0v) is 12.2. The van der Waals surface area contributed by atoms with E-state index in [0.29, 0.717) is 6.54 Å². The van der Waals surface area contributed by atoms with Crippen molar-refractivity contribution < 1.29 is 9.53 Å². The first-order valence-corrected chi connectivity index (χ1v) is 6.80. The van der Waals surface area contributed by atoms with Crippen LogP contribution in [0.25, 0.3) is 0 Å². The highest BCUT2D eigenvalue weighted by molar-refractivity contribution is 5.82. The third kappa shape index (κ3) is 3.53. The summed E-state index contributed by atoms with van der Waals surface area (Å²) < 4.78 is 5.19. The summed E-state index contributed by atoms with van der Waals surface area (Å²) in [5.41, 5.74) is 7.31. The van der Waals surface area contributed by atoms with Crippen molar-refractivity contribution in [2.24, 2.45) is 0 Å². The molecule has 110 valence electrons. The number of methoxy groups -OCH3 is 1. The smallest absolute Gasteiger partial charge is 0.240 e. The van der Waals surface area contributed by atoms with Gasteiger partial charge in [0.1, 0.15) is 6.04 Å². The molecule has 3 atom stereocenters. The van der Waals surface area contributed by atoms with Crippen molar-refractivity contribution in [2.75, 3.05) is 20.7 Å². The number of likely N-dealkylation sites (N-methyl/N-ethyl adjacent to an activating group) is 1. The zero-order valence-electron chi connectivity index (χ0n) is 12.2. The number of ether oxygens (including phenoxy) is 1. The minimum absolute atomic E-state index is 0.0347. The van der Waals surface area contributed by atoms with Gasteiger partial charge in [0.2, 0.25) is 5.91 Å². The molecule has 1 amide bonds. The van der Waals surface area contributed by atoms with Gasteiger partial charge in [0.05, 0.1) is 6.10 Å². The average molecular weight is 278 g/mol. The summed E-state index contributed by atoms with van der Waals surface area (Å²) in [6, 6.07) is 3.81. The van der Waals surface area contributed by atoms with Crippen molar-refractivity contribution in [3.63, 3.8) is 0 Å². The summed E-state index contributed by atoms with van der Waals surface area (Å²) in [5.74, 6) is 0.0767. The van der Waals surface area contributed by atoms with Gasteiger partial charge >= 0.3 is 0 Å². The van der Waals surface area contributed by atoms with Gasteiger partial charge in [-0.2, -0.15) is 0 Å². The summed E-state index contributed by atoms with van der Waals surface area (Å²) in [6.07, 6.45) is 4.32. The third-order valence-corrected chi connectivity index (χ3v) is 3.60. The molecule has 6 nitrogen and oxygen atoms in total. The van der Waals surface area contributed by atoms with Crippen molar-refractivity contribution >= 4 is 5.91 Å². The van der Waals surface area contributed by atoms with Crippen LogP contribution < -0.4 is 10.9 Å². The lowest BCUT2D eigenvalue weighted by molar-refractivity contribution is -0.133. The summed E-state index contributed by atoms with van der Waals surface area (Å²) in [5, 5.41) is 0. The van der Waals surface area contributed by atoms with Crippen molar-refractivity contribution in [3.8, 4) is 0 Å². The van der Waals surface area contributed by atoms with Gasteiger partial charge in [-0.3, -0.25) is 9.78 Å². The lowest BCUT2D eigenvalue weighted by Gasteiger charge is -2.23. The first kappa shape index (κ1) is 14.9. The van der Waals surface area contributed by atoms with Gasteiger partial charge in [-0.25, -0.2) is 10.9 Å². The van der Waals surface area contributed by atoms with E-state index in [9.17, 15) is 4.79 Å². The molecule has 1 saturated heterocycles. The van der Waals surface area contributed by atoms with E-state index in [4.69, 9.17) is 4.74 Å². The van der Waals surface area contributed by atoms with E-state index in [-0.39, 0.29) is 24.1 Å². The number of nitrogens with zero attached hydrogens (tertiary/aromatic N) is 2. The molecule has 6 heteroatoms. The number of nitrogens with one attached hydrogen (secondary N) is 2. The fourth-order valence-corrected chi connectivity index (χ4v) is 2.34. The largest absolute Gasteiger partial charge is 0.380 e. The molecule has 3 unspecified atom stereocenters. The SMILES string of the molecule is COC(C)CN(C)C(=O)C1CC(c2cccnc2)NN1. The van der Waals surface area contributed by atoms with E-state index in [2.05, 4.69) is 15.8 Å². The van der Waals surface area contributed by atoms with Crippen LogP contribution >= 0.6 is 0 Å². The quantitative estimate of drug-likeness (QED) is 0.820. The highest BCUT2D eigenvalue weighted by Gasteiger charge is 2.32. The van der Waals surface area contributed by atoms with Gasteiger partial charge in [-0.15, -0.1) is 0 Å². The Kier molecular flexibility index (Phi) is 5.05. The van der Waals surface area contributed by atoms with Crippen LogP contribution in [-0.2, 0) is 9.53 Å². The summed E-state index contributed by atoms with van der Waals surface area (Å²) >= 11 is 0. The summed E-state index contributed by atoms with van der Waals surface area (Å²) in [4.78, 5) is 18.1. The lowest BCUT2D eigenvalue weighted by Crippen LogP contribution is -2.46. The molecule has 2 heterocycles. The van der Waals surface area contributed by atoms with Crippen molar-refractivity contribution in [3.05, 3.63) is 30.1 Å². The van der Waals surface area contributed by atoms with Crippen LogP contribution in [0.5, 0.6) is 0 Å². The molecule has 1 aliphatic heterocycles. The monoisotopic (exact) mass is 278 g/mol. The second-order valence-electron chi connectivity index (χ2n) is 5.18. The number of hydrogen-bond donors (Lipinski definition) is 2. The van der Waals surface area contributed by atoms with Crippen molar-refractivity contribution in [1.82, 2.24) is 20.7 Å². The number of aromatic nitrogens is 1. The predicted molar refractivity (Wildman–Crippen MR) is 75.8 cm³/mol. The van der Waals surface area contributed by atoms with E-state index < -0.39 is 0 Å². The average Bonchev–Trinajstić information content (AvgIpc) is 2.97. The third-order valence-electron chi connectivity index (χ3n) is 3.60. The van der Waals surface area contributed by atoms with Crippen LogP contribution in [0.2, 0.25) is 0 Å². The second-order valence-corrected chi connectivity index (χ2v) is 5.18. The maximum atomic E-state index is 12.3. The summed E-state index contributed by atoms with van der Waals surface area (Å²) in [6.45, 7) is 2.54. The molecule has 1 fully saturated rings. The normalized spacial score (nSPS) is 23.6. The molecule has 0 bridgehead atoms. The Morgan fingerprint density at radius 2 is 2.40 bits per heavy atom. The van der Waals surface area contributed by atoms with Crippen LogP contribution in [0.15, 0.2) is 24.5 Å². The molecule has 0 saturated carbocycles. The number of hydrazine groups is 1. The number of pyridine rings is 1. The van der Waals surface area contributed by atoms with Gasteiger partial charge in [0.15, 0.2) is 0 Å². The topological polar surface area (TPSA) is 66.5 Å². The molecule has 20 heavy (non-hydrogen) atoms. The Hall–Kier alpha value is -1.50. The van der Waals surface area contributed by atoms with Crippen LogP contribution in [0.4, 0.5) is 0 Å². The standard InChI is InChI=1S/C14H22N4O2/c1-10(20-3)9-18(2)14(19)13-7-12(16-17-13)11-5-4-6-15-8-11/h4-6,8,10,12-13,16-17H,7,9H2,1-3H3. The molecular weight excluding hydrogens is 256 g/mol. The Morgan fingerprint density at radius 1 is 1.60 bits per heavy atom. The second kappa shape index (κ2) is 6.78. The molecule has 2 rings (SSSR count). The first-order valence-electron chi connectivity index (χ1n) is 6.80. The number of hydrogen-bond acceptors (Lipinski definition) is 5. The zero-order chi connectivity index (χ0) is 14.5. The molecule has 1 aromatic heterocycles. The highest BCUT2D eigenvalue weighted by atomic mass is 16.5. The first-order chi connectivity index (χ1) is 9.61. The molecule has 2 N–H and O–H groups in total. The molecular formula is C14H22N4O2. The Bertz CT molecular complexity index is 440. The van der Waals surface area contributed by atoms with Gasteiger partial charge in [0.25, 0.3) is 0 Å². The minimum Gasteiger partial charge on any atom is -0.380 e.